The topological polar surface area (TPSA) is 75.1 Å². The number of hydrogen-bond acceptors (Lipinski definition) is 6. The Labute approximate surface area is 159 Å². The zero-order valence-electron chi connectivity index (χ0n) is 15.8. The van der Waals surface area contributed by atoms with Crippen LogP contribution in [0.4, 0.5) is 5.82 Å². The summed E-state index contributed by atoms with van der Waals surface area (Å²) in [6.45, 7) is 5.41. The largest absolute Gasteiger partial charge is 0.355 e. The molecule has 7 heteroatoms. The fourth-order valence-corrected chi connectivity index (χ4v) is 4.01. The first-order valence-electron chi connectivity index (χ1n) is 9.86. The number of aromatic nitrogens is 4. The summed E-state index contributed by atoms with van der Waals surface area (Å²) in [6.07, 6.45) is 12.4. The molecule has 0 aliphatic carbocycles. The third-order valence-electron chi connectivity index (χ3n) is 5.53. The number of piperidine rings is 2. The molecule has 27 heavy (non-hydrogen) atoms. The van der Waals surface area contributed by atoms with E-state index in [1.54, 1.807) is 24.8 Å². The lowest BCUT2D eigenvalue weighted by Crippen LogP contribution is -2.37. The predicted octanol–water partition coefficient (Wildman–Crippen LogP) is 2.59. The van der Waals surface area contributed by atoms with Crippen molar-refractivity contribution in [2.75, 3.05) is 31.1 Å². The second-order valence-corrected chi connectivity index (χ2v) is 7.43. The van der Waals surface area contributed by atoms with Gasteiger partial charge in [-0.05, 0) is 39.0 Å². The summed E-state index contributed by atoms with van der Waals surface area (Å²) >= 11 is 0. The van der Waals surface area contributed by atoms with Gasteiger partial charge in [-0.2, -0.15) is 0 Å². The van der Waals surface area contributed by atoms with Gasteiger partial charge in [-0.3, -0.25) is 9.78 Å². The van der Waals surface area contributed by atoms with E-state index in [1.807, 2.05) is 11.8 Å². The predicted molar refractivity (Wildman–Crippen MR) is 103 cm³/mol. The minimum atomic E-state index is 0.0728. The van der Waals surface area contributed by atoms with Crippen LogP contribution in [0.1, 0.15) is 59.9 Å². The monoisotopic (exact) mass is 366 g/mol. The standard InChI is InChI=1S/C20H26N6O/c1-15-17(20(27)25-9-3-2-4-10-25)12-23-19(24-15)16-6-5-11-26(14-16)18-13-21-7-8-22-18/h7-8,12-13,16H,2-6,9-11,14H2,1H3. The highest BCUT2D eigenvalue weighted by atomic mass is 16.2. The van der Waals surface area contributed by atoms with Crippen LogP contribution >= 0.6 is 0 Å². The molecule has 2 aromatic heterocycles. The van der Waals surface area contributed by atoms with E-state index in [9.17, 15) is 4.79 Å². The third kappa shape index (κ3) is 3.91. The summed E-state index contributed by atoms with van der Waals surface area (Å²) in [5, 5.41) is 0. The maximum atomic E-state index is 12.8. The first-order valence-corrected chi connectivity index (χ1v) is 9.86. The number of carbonyl (C=O) groups is 1. The van der Waals surface area contributed by atoms with Crippen molar-refractivity contribution in [3.8, 4) is 0 Å². The molecule has 0 spiro atoms. The molecule has 1 atom stereocenters. The van der Waals surface area contributed by atoms with Gasteiger partial charge in [-0.15, -0.1) is 0 Å². The van der Waals surface area contributed by atoms with Crippen molar-refractivity contribution in [2.45, 2.75) is 44.9 Å². The van der Waals surface area contributed by atoms with E-state index >= 15 is 0 Å². The van der Waals surface area contributed by atoms with E-state index in [0.29, 0.717) is 5.56 Å². The third-order valence-corrected chi connectivity index (χ3v) is 5.53. The highest BCUT2D eigenvalue weighted by molar-refractivity contribution is 5.95. The zero-order chi connectivity index (χ0) is 18.6. The molecule has 0 saturated carbocycles. The molecule has 2 fully saturated rings. The summed E-state index contributed by atoms with van der Waals surface area (Å²) in [6, 6.07) is 0. The van der Waals surface area contributed by atoms with Crippen LogP contribution in [0.15, 0.2) is 24.8 Å². The Hall–Kier alpha value is -2.57. The maximum absolute atomic E-state index is 12.8. The SMILES string of the molecule is Cc1nc(C2CCCN(c3cnccn3)C2)ncc1C(=O)N1CCCCC1. The first kappa shape index (κ1) is 17.8. The summed E-state index contributed by atoms with van der Waals surface area (Å²) in [4.78, 5) is 34.8. The number of carbonyl (C=O) groups excluding carboxylic acids is 1. The van der Waals surface area contributed by atoms with Crippen LogP contribution in [0.3, 0.4) is 0 Å². The van der Waals surface area contributed by atoms with E-state index < -0.39 is 0 Å². The minimum absolute atomic E-state index is 0.0728. The van der Waals surface area contributed by atoms with Crippen molar-refractivity contribution in [1.82, 2.24) is 24.8 Å². The smallest absolute Gasteiger partial charge is 0.257 e. The van der Waals surface area contributed by atoms with Gasteiger partial charge in [0.25, 0.3) is 5.91 Å². The highest BCUT2D eigenvalue weighted by Crippen LogP contribution is 2.27. The van der Waals surface area contributed by atoms with Gasteiger partial charge in [0, 0.05) is 50.7 Å². The molecule has 2 aliphatic rings. The summed E-state index contributed by atoms with van der Waals surface area (Å²) in [7, 11) is 0. The zero-order valence-corrected chi connectivity index (χ0v) is 15.8. The average molecular weight is 366 g/mol. The van der Waals surface area contributed by atoms with Crippen LogP contribution in [0.5, 0.6) is 0 Å². The highest BCUT2D eigenvalue weighted by Gasteiger charge is 2.26. The molecule has 4 heterocycles. The molecular weight excluding hydrogens is 340 g/mol. The number of nitrogens with zero attached hydrogens (tertiary/aromatic N) is 6. The molecule has 142 valence electrons. The lowest BCUT2D eigenvalue weighted by Gasteiger charge is -2.32. The first-order chi connectivity index (χ1) is 13.2. The fourth-order valence-electron chi connectivity index (χ4n) is 4.01. The van der Waals surface area contributed by atoms with Gasteiger partial charge in [-0.25, -0.2) is 15.0 Å². The fraction of sp³-hybridized carbons (Fsp3) is 0.550. The van der Waals surface area contributed by atoms with Gasteiger partial charge in [-0.1, -0.05) is 0 Å². The maximum Gasteiger partial charge on any atom is 0.257 e. The lowest BCUT2D eigenvalue weighted by molar-refractivity contribution is 0.0722. The van der Waals surface area contributed by atoms with E-state index in [0.717, 1.165) is 69.2 Å². The van der Waals surface area contributed by atoms with Gasteiger partial charge in [0.2, 0.25) is 0 Å². The van der Waals surface area contributed by atoms with Crippen molar-refractivity contribution in [2.24, 2.45) is 0 Å². The normalized spacial score (nSPS) is 20.6. The quantitative estimate of drug-likeness (QED) is 0.831. The Kier molecular flexibility index (Phi) is 5.27. The molecule has 7 nitrogen and oxygen atoms in total. The summed E-state index contributed by atoms with van der Waals surface area (Å²) < 4.78 is 0. The van der Waals surface area contributed by atoms with Gasteiger partial charge in [0.05, 0.1) is 17.5 Å². The van der Waals surface area contributed by atoms with Gasteiger partial charge in [0.15, 0.2) is 0 Å². The summed E-state index contributed by atoms with van der Waals surface area (Å²) in [5.41, 5.74) is 1.43. The number of likely N-dealkylation sites (tertiary alicyclic amines) is 1. The van der Waals surface area contributed by atoms with Gasteiger partial charge >= 0.3 is 0 Å². The Morgan fingerprint density at radius 2 is 1.89 bits per heavy atom. The number of amides is 1. The minimum Gasteiger partial charge on any atom is -0.355 e. The average Bonchev–Trinajstić information content (AvgIpc) is 2.74. The van der Waals surface area contributed by atoms with Crippen LogP contribution in [0, 0.1) is 6.92 Å². The van der Waals surface area contributed by atoms with Crippen molar-refractivity contribution in [3.63, 3.8) is 0 Å². The molecular formula is C20H26N6O. The van der Waals surface area contributed by atoms with Crippen molar-refractivity contribution >= 4 is 11.7 Å². The Morgan fingerprint density at radius 3 is 2.63 bits per heavy atom. The van der Waals surface area contributed by atoms with Crippen molar-refractivity contribution in [3.05, 3.63) is 41.9 Å². The Bertz CT molecular complexity index is 790. The number of hydrogen-bond donors (Lipinski definition) is 0. The van der Waals surface area contributed by atoms with Gasteiger partial charge < -0.3 is 9.80 Å². The molecule has 0 radical (unpaired) electrons. The molecule has 2 aromatic rings. The molecule has 2 aliphatic heterocycles. The Balaban J connectivity index is 1.49. The van der Waals surface area contributed by atoms with Gasteiger partial charge in [0.1, 0.15) is 11.6 Å². The lowest BCUT2D eigenvalue weighted by atomic mass is 9.97. The van der Waals surface area contributed by atoms with Crippen molar-refractivity contribution in [1.29, 1.82) is 0 Å². The van der Waals surface area contributed by atoms with E-state index in [-0.39, 0.29) is 11.8 Å². The number of rotatable bonds is 3. The molecule has 4 rings (SSSR count). The van der Waals surface area contributed by atoms with Crippen LogP contribution in [0.25, 0.3) is 0 Å². The van der Waals surface area contributed by atoms with Crippen molar-refractivity contribution < 1.29 is 4.79 Å². The van der Waals surface area contributed by atoms with E-state index in [1.165, 1.54) is 6.42 Å². The summed E-state index contributed by atoms with van der Waals surface area (Å²) in [5.74, 6) is 2.05. The van der Waals surface area contributed by atoms with E-state index in [4.69, 9.17) is 4.98 Å². The molecule has 0 N–H and O–H groups in total. The molecule has 2 saturated heterocycles. The number of aryl methyl sites for hydroxylation is 1. The Morgan fingerprint density at radius 1 is 1.04 bits per heavy atom. The van der Waals surface area contributed by atoms with Crippen LogP contribution in [-0.2, 0) is 0 Å². The van der Waals surface area contributed by atoms with Crippen LogP contribution in [0.2, 0.25) is 0 Å². The molecule has 0 aromatic carbocycles. The second-order valence-electron chi connectivity index (χ2n) is 7.43. The second kappa shape index (κ2) is 7.98. The molecule has 1 amide bonds. The molecule has 0 bridgehead atoms. The van der Waals surface area contributed by atoms with Crippen LogP contribution in [-0.4, -0.2) is 56.9 Å². The van der Waals surface area contributed by atoms with E-state index in [2.05, 4.69) is 19.9 Å². The van der Waals surface area contributed by atoms with Crippen LogP contribution < -0.4 is 4.90 Å². The molecule has 1 unspecified atom stereocenters. The number of anilines is 1.